The third kappa shape index (κ3) is 6.02. The van der Waals surface area contributed by atoms with Crippen molar-refractivity contribution in [1.29, 1.82) is 0 Å². The Kier molecular flexibility index (Phi) is 7.56. The van der Waals surface area contributed by atoms with Gasteiger partial charge in [-0.05, 0) is 39.3 Å². The van der Waals surface area contributed by atoms with Gasteiger partial charge in [0, 0.05) is 0 Å². The first-order valence-corrected chi connectivity index (χ1v) is 5.27. The Morgan fingerprint density at radius 3 is 2.60 bits per heavy atom. The number of carbonyl (C=O) groups excluding carboxylic acids is 1. The lowest BCUT2D eigenvalue weighted by atomic mass is 10.0. The minimum Gasteiger partial charge on any atom is -0.311 e. The lowest BCUT2D eigenvalue weighted by Gasteiger charge is -2.12. The molecule has 0 amide bonds. The molecule has 84 valence electrons. The van der Waals surface area contributed by atoms with Crippen LogP contribution in [0.3, 0.4) is 0 Å². The average molecular weight is 207 g/mol. The molecule has 1 atom stereocenters. The number of carbonyl (C=O) groups is 1. The molecular formula is C13H21NO. The van der Waals surface area contributed by atoms with E-state index in [9.17, 15) is 4.79 Å². The fourth-order valence-corrected chi connectivity index (χ4v) is 1.45. The van der Waals surface area contributed by atoms with Gasteiger partial charge in [-0.25, -0.2) is 0 Å². The number of hydrogen-bond donors (Lipinski definition) is 1. The minimum absolute atomic E-state index is 0.0385. The molecule has 2 nitrogen and oxygen atoms in total. The average Bonchev–Trinajstić information content (AvgIpc) is 2.18. The van der Waals surface area contributed by atoms with E-state index < -0.39 is 0 Å². The van der Waals surface area contributed by atoms with Crippen molar-refractivity contribution in [1.82, 2.24) is 5.32 Å². The van der Waals surface area contributed by atoms with Crippen molar-refractivity contribution in [2.75, 3.05) is 7.05 Å². The molecule has 0 bridgehead atoms. The summed E-state index contributed by atoms with van der Waals surface area (Å²) in [7, 11) is 1.82. The fraction of sp³-hybridized carbons (Fsp3) is 0.462. The molecule has 0 saturated carbocycles. The quantitative estimate of drug-likeness (QED) is 0.650. The van der Waals surface area contributed by atoms with Gasteiger partial charge in [0.25, 0.3) is 0 Å². The molecule has 0 aromatic rings. The Labute approximate surface area is 92.8 Å². The predicted octanol–water partition coefficient (Wildman–Crippen LogP) is 2.63. The summed E-state index contributed by atoms with van der Waals surface area (Å²) in [4.78, 5) is 11.2. The van der Waals surface area contributed by atoms with Crippen LogP contribution < -0.4 is 5.32 Å². The first-order valence-electron chi connectivity index (χ1n) is 5.27. The fourth-order valence-electron chi connectivity index (χ4n) is 1.45. The molecule has 0 aromatic heterocycles. The summed E-state index contributed by atoms with van der Waals surface area (Å²) < 4.78 is 0. The van der Waals surface area contributed by atoms with E-state index >= 15 is 0 Å². The Morgan fingerprint density at radius 1 is 1.53 bits per heavy atom. The van der Waals surface area contributed by atoms with Crippen molar-refractivity contribution >= 4 is 5.78 Å². The third-order valence-corrected chi connectivity index (χ3v) is 2.27. The zero-order valence-electron chi connectivity index (χ0n) is 9.92. The van der Waals surface area contributed by atoms with E-state index in [-0.39, 0.29) is 11.8 Å². The molecule has 0 spiro atoms. The maximum Gasteiger partial charge on any atom is 0.146 e. The van der Waals surface area contributed by atoms with Gasteiger partial charge in [0.2, 0.25) is 0 Å². The molecule has 0 rings (SSSR count). The highest BCUT2D eigenvalue weighted by molar-refractivity contribution is 5.81. The number of allylic oxidation sites excluding steroid dienone is 5. The number of rotatable bonds is 7. The molecule has 0 heterocycles. The van der Waals surface area contributed by atoms with Gasteiger partial charge in [-0.15, -0.1) is 0 Å². The van der Waals surface area contributed by atoms with Gasteiger partial charge in [-0.1, -0.05) is 30.9 Å². The second-order valence-corrected chi connectivity index (χ2v) is 3.47. The van der Waals surface area contributed by atoms with Gasteiger partial charge in [-0.3, -0.25) is 4.79 Å². The minimum atomic E-state index is -0.0385. The summed E-state index contributed by atoms with van der Waals surface area (Å²) in [6, 6.07) is -0.0385. The maximum absolute atomic E-state index is 11.2. The number of hydrogen-bond acceptors (Lipinski definition) is 2. The van der Waals surface area contributed by atoms with Crippen molar-refractivity contribution in [3.05, 3.63) is 36.5 Å². The molecule has 0 aliphatic heterocycles. The molecule has 0 fully saturated rings. The maximum atomic E-state index is 11.2. The molecule has 1 unspecified atom stereocenters. The highest BCUT2D eigenvalue weighted by Crippen LogP contribution is 2.10. The smallest absolute Gasteiger partial charge is 0.146 e. The van der Waals surface area contributed by atoms with Crippen LogP contribution in [0.2, 0.25) is 0 Å². The first-order chi connectivity index (χ1) is 7.15. The summed E-state index contributed by atoms with van der Waals surface area (Å²) in [6.45, 7) is 7.27. The van der Waals surface area contributed by atoms with Gasteiger partial charge in [0.05, 0.1) is 6.04 Å². The Balaban J connectivity index is 4.26. The molecule has 0 aliphatic rings. The Hall–Kier alpha value is -1.15. The molecule has 0 aromatic carbocycles. The molecule has 15 heavy (non-hydrogen) atoms. The lowest BCUT2D eigenvalue weighted by molar-refractivity contribution is -0.118. The summed E-state index contributed by atoms with van der Waals surface area (Å²) >= 11 is 0. The number of ketones is 1. The van der Waals surface area contributed by atoms with Crippen LogP contribution in [-0.2, 0) is 4.79 Å². The van der Waals surface area contributed by atoms with E-state index in [2.05, 4.69) is 18.0 Å². The van der Waals surface area contributed by atoms with Crippen LogP contribution in [0.5, 0.6) is 0 Å². The van der Waals surface area contributed by atoms with E-state index in [0.717, 1.165) is 12.8 Å². The molecule has 2 heteroatoms. The monoisotopic (exact) mass is 207 g/mol. The van der Waals surface area contributed by atoms with Crippen LogP contribution in [0.25, 0.3) is 0 Å². The second kappa shape index (κ2) is 8.18. The predicted molar refractivity (Wildman–Crippen MR) is 65.9 cm³/mol. The van der Waals surface area contributed by atoms with Crippen molar-refractivity contribution in [2.24, 2.45) is 0 Å². The first kappa shape index (κ1) is 13.8. The number of nitrogens with one attached hydrogen (secondary N) is 1. The van der Waals surface area contributed by atoms with Crippen LogP contribution in [0.1, 0.15) is 26.7 Å². The highest BCUT2D eigenvalue weighted by Gasteiger charge is 2.10. The number of likely N-dealkylation sites (N-methyl/N-ethyl adjacent to an activating group) is 1. The SMILES string of the molecule is C=CC=C(C=CC)CCC(NC)C(C)=O. The second-order valence-electron chi connectivity index (χ2n) is 3.47. The van der Waals surface area contributed by atoms with Gasteiger partial charge in [-0.2, -0.15) is 0 Å². The van der Waals surface area contributed by atoms with Crippen LogP contribution >= 0.6 is 0 Å². The van der Waals surface area contributed by atoms with E-state index in [1.165, 1.54) is 5.57 Å². The largest absolute Gasteiger partial charge is 0.311 e. The van der Waals surface area contributed by atoms with E-state index in [1.807, 2.05) is 26.1 Å². The van der Waals surface area contributed by atoms with Gasteiger partial charge >= 0.3 is 0 Å². The van der Waals surface area contributed by atoms with Crippen molar-refractivity contribution in [2.45, 2.75) is 32.7 Å². The standard InChI is InChI=1S/C13H21NO/c1-5-7-12(8-6-2)9-10-13(14-4)11(3)15/h5-8,13-14H,1,9-10H2,2-4H3. The summed E-state index contributed by atoms with van der Waals surface area (Å²) in [5.41, 5.74) is 1.20. The molecule has 1 N–H and O–H groups in total. The van der Waals surface area contributed by atoms with Gasteiger partial charge < -0.3 is 5.32 Å². The Bertz CT molecular complexity index is 264. The van der Waals surface area contributed by atoms with E-state index in [4.69, 9.17) is 0 Å². The van der Waals surface area contributed by atoms with Crippen LogP contribution in [0.4, 0.5) is 0 Å². The summed E-state index contributed by atoms with van der Waals surface area (Å²) in [5.74, 6) is 0.191. The third-order valence-electron chi connectivity index (χ3n) is 2.27. The summed E-state index contributed by atoms with van der Waals surface area (Å²) in [5, 5.41) is 3.01. The molecular weight excluding hydrogens is 186 g/mol. The highest BCUT2D eigenvalue weighted by atomic mass is 16.1. The van der Waals surface area contributed by atoms with Gasteiger partial charge in [0.15, 0.2) is 0 Å². The normalized spacial score (nSPS) is 14.2. The van der Waals surface area contributed by atoms with Crippen molar-refractivity contribution < 1.29 is 4.79 Å². The molecule has 0 saturated heterocycles. The lowest BCUT2D eigenvalue weighted by Crippen LogP contribution is -2.32. The van der Waals surface area contributed by atoms with Crippen molar-refractivity contribution in [3.8, 4) is 0 Å². The van der Waals surface area contributed by atoms with Crippen LogP contribution in [-0.4, -0.2) is 18.9 Å². The Morgan fingerprint density at radius 2 is 2.20 bits per heavy atom. The van der Waals surface area contributed by atoms with Gasteiger partial charge in [0.1, 0.15) is 5.78 Å². The van der Waals surface area contributed by atoms with E-state index in [1.54, 1.807) is 13.0 Å². The van der Waals surface area contributed by atoms with Crippen LogP contribution in [0, 0.1) is 0 Å². The topological polar surface area (TPSA) is 29.1 Å². The zero-order chi connectivity index (χ0) is 11.7. The van der Waals surface area contributed by atoms with Crippen LogP contribution in [0.15, 0.2) is 36.5 Å². The molecule has 0 aliphatic carbocycles. The zero-order valence-corrected chi connectivity index (χ0v) is 9.92. The number of Topliss-reactive ketones (excluding diaryl/α,β-unsaturated/α-hetero) is 1. The molecule has 0 radical (unpaired) electrons. The van der Waals surface area contributed by atoms with Crippen molar-refractivity contribution in [3.63, 3.8) is 0 Å². The van der Waals surface area contributed by atoms with E-state index in [0.29, 0.717) is 0 Å². The summed E-state index contributed by atoms with van der Waals surface area (Å²) in [6.07, 6.45) is 9.52.